The molecule has 7 heteroatoms. The standard InChI is InChI=1S/C18H24BrNO4S/c1-14(2)13-18(21)24-16-7-9-20(10-8-16)11-12-25(22,23)17-5-3-15(19)4-6-17/h3-6,13,16H,7-12H2,1-2H3. The maximum Gasteiger partial charge on any atom is 0.330 e. The third-order valence-electron chi connectivity index (χ3n) is 4.07. The van der Waals surface area contributed by atoms with E-state index in [1.807, 2.05) is 13.8 Å². The van der Waals surface area contributed by atoms with Gasteiger partial charge in [-0.05, 0) is 51.0 Å². The number of carbonyl (C=O) groups is 1. The third kappa shape index (κ3) is 6.56. The van der Waals surface area contributed by atoms with Crippen molar-refractivity contribution in [2.75, 3.05) is 25.4 Å². The summed E-state index contributed by atoms with van der Waals surface area (Å²) >= 11 is 3.31. The summed E-state index contributed by atoms with van der Waals surface area (Å²) in [7, 11) is -3.28. The Balaban J connectivity index is 1.79. The maximum atomic E-state index is 12.4. The fourth-order valence-electron chi connectivity index (χ4n) is 2.69. The largest absolute Gasteiger partial charge is 0.459 e. The molecule has 1 aliphatic heterocycles. The zero-order valence-corrected chi connectivity index (χ0v) is 17.0. The van der Waals surface area contributed by atoms with Gasteiger partial charge in [-0.3, -0.25) is 0 Å². The van der Waals surface area contributed by atoms with Crippen molar-refractivity contribution in [2.45, 2.75) is 37.7 Å². The molecule has 138 valence electrons. The Morgan fingerprint density at radius 2 is 1.84 bits per heavy atom. The molecule has 1 aromatic rings. The van der Waals surface area contributed by atoms with Gasteiger partial charge < -0.3 is 9.64 Å². The number of benzene rings is 1. The second-order valence-corrected chi connectivity index (χ2v) is 9.50. The smallest absolute Gasteiger partial charge is 0.330 e. The van der Waals surface area contributed by atoms with E-state index in [0.29, 0.717) is 11.4 Å². The summed E-state index contributed by atoms with van der Waals surface area (Å²) in [4.78, 5) is 14.1. The van der Waals surface area contributed by atoms with E-state index in [1.54, 1.807) is 24.3 Å². The molecule has 25 heavy (non-hydrogen) atoms. The molecule has 0 aromatic heterocycles. The topological polar surface area (TPSA) is 63.7 Å². The Morgan fingerprint density at radius 1 is 1.24 bits per heavy atom. The van der Waals surface area contributed by atoms with Gasteiger partial charge in [0.25, 0.3) is 0 Å². The molecule has 0 radical (unpaired) electrons. The third-order valence-corrected chi connectivity index (χ3v) is 6.31. The lowest BCUT2D eigenvalue weighted by Crippen LogP contribution is -2.40. The fraction of sp³-hybridized carbons (Fsp3) is 0.500. The highest BCUT2D eigenvalue weighted by molar-refractivity contribution is 9.10. The van der Waals surface area contributed by atoms with E-state index in [2.05, 4.69) is 20.8 Å². The molecule has 0 saturated carbocycles. The molecule has 1 fully saturated rings. The van der Waals surface area contributed by atoms with Crippen LogP contribution in [0, 0.1) is 0 Å². The number of allylic oxidation sites excluding steroid dienone is 1. The molecular formula is C18H24BrNO4S. The van der Waals surface area contributed by atoms with Crippen LogP contribution in [0.15, 0.2) is 45.3 Å². The summed E-state index contributed by atoms with van der Waals surface area (Å²) in [6.07, 6.45) is 2.89. The first-order chi connectivity index (χ1) is 11.8. The van der Waals surface area contributed by atoms with Crippen LogP contribution in [0.4, 0.5) is 0 Å². The highest BCUT2D eigenvalue weighted by Crippen LogP contribution is 2.18. The minimum absolute atomic E-state index is 0.0811. The van der Waals surface area contributed by atoms with Gasteiger partial charge in [0.2, 0.25) is 0 Å². The lowest BCUT2D eigenvalue weighted by atomic mass is 10.1. The molecule has 1 aliphatic rings. The van der Waals surface area contributed by atoms with Crippen LogP contribution < -0.4 is 0 Å². The zero-order chi connectivity index (χ0) is 18.4. The summed E-state index contributed by atoms with van der Waals surface area (Å²) in [5.74, 6) is -0.201. The van der Waals surface area contributed by atoms with Crippen LogP contribution in [0.25, 0.3) is 0 Å². The number of esters is 1. The Labute approximate surface area is 158 Å². The molecule has 0 aliphatic carbocycles. The molecular weight excluding hydrogens is 406 g/mol. The van der Waals surface area contributed by atoms with Crippen molar-refractivity contribution >= 4 is 31.7 Å². The molecule has 1 heterocycles. The Bertz CT molecular complexity index is 716. The number of nitrogens with zero attached hydrogens (tertiary/aromatic N) is 1. The van der Waals surface area contributed by atoms with Crippen molar-refractivity contribution < 1.29 is 17.9 Å². The van der Waals surface area contributed by atoms with E-state index in [0.717, 1.165) is 36.0 Å². The second kappa shape index (κ2) is 8.96. The average molecular weight is 430 g/mol. The minimum atomic E-state index is -3.28. The van der Waals surface area contributed by atoms with Gasteiger partial charge in [0.1, 0.15) is 6.10 Å². The van der Waals surface area contributed by atoms with E-state index < -0.39 is 9.84 Å². The quantitative estimate of drug-likeness (QED) is 0.513. The predicted molar refractivity (Wildman–Crippen MR) is 101 cm³/mol. The number of hydrogen-bond donors (Lipinski definition) is 0. The normalized spacial score (nSPS) is 16.4. The minimum Gasteiger partial charge on any atom is -0.459 e. The molecule has 0 spiro atoms. The molecule has 5 nitrogen and oxygen atoms in total. The van der Waals surface area contributed by atoms with Crippen LogP contribution in [-0.2, 0) is 19.4 Å². The number of carbonyl (C=O) groups excluding carboxylic acids is 1. The van der Waals surface area contributed by atoms with Crippen LogP contribution >= 0.6 is 15.9 Å². The van der Waals surface area contributed by atoms with E-state index in [-0.39, 0.29) is 17.8 Å². The van der Waals surface area contributed by atoms with Crippen molar-refractivity contribution in [3.05, 3.63) is 40.4 Å². The van der Waals surface area contributed by atoms with E-state index in [1.165, 1.54) is 6.08 Å². The molecule has 0 N–H and O–H groups in total. The molecule has 0 bridgehead atoms. The molecule has 0 atom stereocenters. The van der Waals surface area contributed by atoms with Gasteiger partial charge in [0.05, 0.1) is 10.6 Å². The maximum absolute atomic E-state index is 12.4. The number of rotatable bonds is 6. The monoisotopic (exact) mass is 429 g/mol. The number of halogens is 1. The summed E-state index contributed by atoms with van der Waals surface area (Å²) in [6.45, 7) is 5.68. The predicted octanol–water partition coefficient (Wildman–Crippen LogP) is 3.20. The lowest BCUT2D eigenvalue weighted by Gasteiger charge is -2.31. The number of ether oxygens (including phenoxy) is 1. The van der Waals surface area contributed by atoms with Gasteiger partial charge in [0, 0.05) is 30.2 Å². The van der Waals surface area contributed by atoms with Crippen molar-refractivity contribution in [1.29, 1.82) is 0 Å². The van der Waals surface area contributed by atoms with E-state index in [9.17, 15) is 13.2 Å². The van der Waals surface area contributed by atoms with Crippen molar-refractivity contribution in [3.8, 4) is 0 Å². The Morgan fingerprint density at radius 3 is 2.40 bits per heavy atom. The summed E-state index contributed by atoms with van der Waals surface area (Å²) in [5.41, 5.74) is 0.917. The number of piperidine rings is 1. The first kappa shape index (κ1) is 20.1. The van der Waals surface area contributed by atoms with Crippen LogP contribution in [0.3, 0.4) is 0 Å². The van der Waals surface area contributed by atoms with Crippen LogP contribution in [0.2, 0.25) is 0 Å². The average Bonchev–Trinajstić information content (AvgIpc) is 2.54. The number of likely N-dealkylation sites (tertiary alicyclic amines) is 1. The van der Waals surface area contributed by atoms with Crippen LogP contribution in [0.5, 0.6) is 0 Å². The number of sulfone groups is 1. The first-order valence-electron chi connectivity index (χ1n) is 8.32. The highest BCUT2D eigenvalue weighted by atomic mass is 79.9. The van der Waals surface area contributed by atoms with E-state index in [4.69, 9.17) is 4.74 Å². The van der Waals surface area contributed by atoms with Gasteiger partial charge in [0.15, 0.2) is 9.84 Å². The summed E-state index contributed by atoms with van der Waals surface area (Å²) in [5, 5.41) is 0. The molecule has 2 rings (SSSR count). The van der Waals surface area contributed by atoms with Gasteiger partial charge in [-0.25, -0.2) is 13.2 Å². The zero-order valence-electron chi connectivity index (χ0n) is 14.6. The van der Waals surface area contributed by atoms with Crippen LogP contribution in [0.1, 0.15) is 26.7 Å². The SMILES string of the molecule is CC(C)=CC(=O)OC1CCN(CCS(=O)(=O)c2ccc(Br)cc2)CC1. The van der Waals surface area contributed by atoms with Crippen molar-refractivity contribution in [3.63, 3.8) is 0 Å². The summed E-state index contributed by atoms with van der Waals surface area (Å²) < 4.78 is 31.0. The number of hydrogen-bond acceptors (Lipinski definition) is 5. The highest BCUT2D eigenvalue weighted by Gasteiger charge is 2.23. The van der Waals surface area contributed by atoms with Crippen molar-refractivity contribution in [1.82, 2.24) is 4.90 Å². The summed E-state index contributed by atoms with van der Waals surface area (Å²) in [6, 6.07) is 6.71. The van der Waals surface area contributed by atoms with Crippen molar-refractivity contribution in [2.24, 2.45) is 0 Å². The molecule has 1 aromatic carbocycles. The molecule has 0 amide bonds. The van der Waals surface area contributed by atoms with Gasteiger partial charge in [-0.1, -0.05) is 21.5 Å². The first-order valence-corrected chi connectivity index (χ1v) is 10.8. The van der Waals surface area contributed by atoms with Gasteiger partial charge >= 0.3 is 5.97 Å². The molecule has 0 unspecified atom stereocenters. The lowest BCUT2D eigenvalue weighted by molar-refractivity contribution is -0.145. The van der Waals surface area contributed by atoms with Gasteiger partial charge in [-0.15, -0.1) is 0 Å². The Hall–Kier alpha value is -1.18. The van der Waals surface area contributed by atoms with E-state index >= 15 is 0 Å². The molecule has 1 saturated heterocycles. The van der Waals surface area contributed by atoms with Crippen LogP contribution in [-0.4, -0.2) is 50.8 Å². The van der Waals surface area contributed by atoms with Gasteiger partial charge in [-0.2, -0.15) is 0 Å². The Kier molecular flexibility index (Phi) is 7.22. The fourth-order valence-corrected chi connectivity index (χ4v) is 4.24. The second-order valence-electron chi connectivity index (χ2n) is 6.47.